The first-order chi connectivity index (χ1) is 9.24. The Morgan fingerprint density at radius 2 is 2.00 bits per heavy atom. The minimum absolute atomic E-state index is 0.0692. The van der Waals surface area contributed by atoms with Crippen LogP contribution in [0.3, 0.4) is 0 Å². The highest BCUT2D eigenvalue weighted by atomic mass is 79.9. The molecule has 1 aromatic rings. The molecule has 0 radical (unpaired) electrons. The van der Waals surface area contributed by atoms with Crippen LogP contribution in [0.15, 0.2) is 21.5 Å². The summed E-state index contributed by atoms with van der Waals surface area (Å²) in [6, 6.07) is 2.16. The van der Waals surface area contributed by atoms with Crippen molar-refractivity contribution in [2.24, 2.45) is 0 Å². The first kappa shape index (κ1) is 17.4. The summed E-state index contributed by atoms with van der Waals surface area (Å²) < 4.78 is 39.9. The van der Waals surface area contributed by atoms with Crippen molar-refractivity contribution in [2.75, 3.05) is 32.9 Å². The highest BCUT2D eigenvalue weighted by Gasteiger charge is 2.19. The number of hydrogen-bond donors (Lipinski definition) is 2. The molecule has 0 heterocycles. The summed E-state index contributed by atoms with van der Waals surface area (Å²) >= 11 is 2.95. The number of rotatable bonds is 7. The van der Waals surface area contributed by atoms with Crippen molar-refractivity contribution < 1.29 is 12.8 Å². The van der Waals surface area contributed by atoms with Gasteiger partial charge in [0.15, 0.2) is 0 Å². The van der Waals surface area contributed by atoms with Crippen molar-refractivity contribution >= 4 is 31.6 Å². The fourth-order valence-corrected chi connectivity index (χ4v) is 3.32. The van der Waals surface area contributed by atoms with Gasteiger partial charge >= 0.3 is 0 Å². The topological polar surface area (TPSA) is 75.4 Å². The summed E-state index contributed by atoms with van der Waals surface area (Å²) in [6.45, 7) is 1.22. The quantitative estimate of drug-likeness (QED) is 0.569. The molecule has 20 heavy (non-hydrogen) atoms. The molecule has 1 aromatic carbocycles. The molecular weight excluding hydrogens is 349 g/mol. The van der Waals surface area contributed by atoms with E-state index >= 15 is 0 Å². The number of halogens is 2. The summed E-state index contributed by atoms with van der Waals surface area (Å²) in [5.74, 6) is -0.590. The first-order valence-electron chi connectivity index (χ1n) is 6.13. The van der Waals surface area contributed by atoms with Crippen LogP contribution in [-0.2, 0) is 10.0 Å². The zero-order chi connectivity index (χ0) is 15.3. The van der Waals surface area contributed by atoms with Crippen molar-refractivity contribution in [3.05, 3.63) is 22.4 Å². The van der Waals surface area contributed by atoms with E-state index in [1.165, 1.54) is 6.07 Å². The van der Waals surface area contributed by atoms with E-state index in [1.54, 1.807) is 0 Å². The molecule has 0 bridgehead atoms. The summed E-state index contributed by atoms with van der Waals surface area (Å²) in [5.41, 5.74) is 5.45. The Morgan fingerprint density at radius 1 is 1.35 bits per heavy atom. The van der Waals surface area contributed by atoms with Crippen molar-refractivity contribution in [2.45, 2.75) is 17.7 Å². The Balaban J connectivity index is 2.68. The van der Waals surface area contributed by atoms with E-state index in [-0.39, 0.29) is 15.1 Å². The molecule has 3 N–H and O–H groups in total. The monoisotopic (exact) mass is 367 g/mol. The summed E-state index contributed by atoms with van der Waals surface area (Å²) in [7, 11) is 0.202. The van der Waals surface area contributed by atoms with Gasteiger partial charge in [0.2, 0.25) is 10.0 Å². The van der Waals surface area contributed by atoms with Crippen LogP contribution in [0.25, 0.3) is 0 Å². The third-order valence-electron chi connectivity index (χ3n) is 2.67. The predicted octanol–water partition coefficient (Wildman–Crippen LogP) is 1.79. The normalized spacial score (nSPS) is 12.1. The molecule has 0 aromatic heterocycles. The SMILES string of the molecule is CN(C)CCCCNS(=O)(=O)c1cc(Br)c(F)cc1N. The van der Waals surface area contributed by atoms with Crippen LogP contribution in [0.1, 0.15) is 12.8 Å². The van der Waals surface area contributed by atoms with Crippen molar-refractivity contribution in [1.82, 2.24) is 9.62 Å². The van der Waals surface area contributed by atoms with Gasteiger partial charge in [-0.1, -0.05) is 0 Å². The minimum atomic E-state index is -3.72. The van der Waals surface area contributed by atoms with Crippen LogP contribution in [-0.4, -0.2) is 40.5 Å². The van der Waals surface area contributed by atoms with Gasteiger partial charge in [-0.15, -0.1) is 0 Å². The van der Waals surface area contributed by atoms with Gasteiger partial charge in [0.25, 0.3) is 0 Å². The smallest absolute Gasteiger partial charge is 0.242 e. The molecule has 0 atom stereocenters. The lowest BCUT2D eigenvalue weighted by Gasteiger charge is -2.11. The largest absolute Gasteiger partial charge is 0.398 e. The Hall–Kier alpha value is -0.700. The number of nitrogens with two attached hydrogens (primary N) is 1. The van der Waals surface area contributed by atoms with Crippen LogP contribution in [0.5, 0.6) is 0 Å². The molecule has 5 nitrogen and oxygen atoms in total. The second-order valence-corrected chi connectivity index (χ2v) is 7.30. The van der Waals surface area contributed by atoms with E-state index in [9.17, 15) is 12.8 Å². The van der Waals surface area contributed by atoms with Crippen LogP contribution in [0, 0.1) is 5.82 Å². The minimum Gasteiger partial charge on any atom is -0.398 e. The average molecular weight is 368 g/mol. The lowest BCUT2D eigenvalue weighted by molar-refractivity contribution is 0.394. The summed E-state index contributed by atoms with van der Waals surface area (Å²) in [5, 5.41) is 0. The van der Waals surface area contributed by atoms with Gasteiger partial charge in [0, 0.05) is 6.54 Å². The number of unbranched alkanes of at least 4 members (excludes halogenated alkanes) is 1. The van der Waals surface area contributed by atoms with Gasteiger partial charge in [-0.3, -0.25) is 0 Å². The third kappa shape index (κ3) is 5.01. The molecule has 0 saturated heterocycles. The number of nitrogens with one attached hydrogen (secondary N) is 1. The number of benzene rings is 1. The van der Waals surface area contributed by atoms with E-state index < -0.39 is 15.8 Å². The van der Waals surface area contributed by atoms with Crippen LogP contribution in [0.2, 0.25) is 0 Å². The summed E-state index contributed by atoms with van der Waals surface area (Å²) in [6.07, 6.45) is 1.61. The number of nitrogen functional groups attached to an aromatic ring is 1. The number of sulfonamides is 1. The number of hydrogen-bond acceptors (Lipinski definition) is 4. The van der Waals surface area contributed by atoms with E-state index in [1.807, 2.05) is 19.0 Å². The molecule has 0 aliphatic rings. The Morgan fingerprint density at radius 3 is 2.60 bits per heavy atom. The van der Waals surface area contributed by atoms with Gasteiger partial charge in [-0.25, -0.2) is 17.5 Å². The molecule has 0 amide bonds. The maximum Gasteiger partial charge on any atom is 0.242 e. The van der Waals surface area contributed by atoms with E-state index in [2.05, 4.69) is 20.7 Å². The van der Waals surface area contributed by atoms with Gasteiger partial charge in [0.1, 0.15) is 10.7 Å². The highest BCUT2D eigenvalue weighted by molar-refractivity contribution is 9.10. The van der Waals surface area contributed by atoms with E-state index in [0.29, 0.717) is 6.54 Å². The fraction of sp³-hybridized carbons (Fsp3) is 0.500. The molecule has 0 aliphatic carbocycles. The lowest BCUT2D eigenvalue weighted by atomic mass is 10.3. The molecule has 0 fully saturated rings. The predicted molar refractivity (Wildman–Crippen MR) is 81.5 cm³/mol. The van der Waals surface area contributed by atoms with Gasteiger partial charge < -0.3 is 10.6 Å². The van der Waals surface area contributed by atoms with E-state index in [4.69, 9.17) is 5.73 Å². The van der Waals surface area contributed by atoms with Gasteiger partial charge in [-0.05, 0) is 61.5 Å². The summed E-state index contributed by atoms with van der Waals surface area (Å²) in [4.78, 5) is 1.92. The molecule has 1 rings (SSSR count). The molecule has 8 heteroatoms. The van der Waals surface area contributed by atoms with Crippen LogP contribution >= 0.6 is 15.9 Å². The number of anilines is 1. The molecule has 0 aliphatic heterocycles. The average Bonchev–Trinajstić information content (AvgIpc) is 2.32. The third-order valence-corrected chi connectivity index (χ3v) is 4.79. The number of nitrogens with zero attached hydrogens (tertiary/aromatic N) is 1. The van der Waals surface area contributed by atoms with Crippen molar-refractivity contribution in [3.63, 3.8) is 0 Å². The maximum absolute atomic E-state index is 13.2. The highest BCUT2D eigenvalue weighted by Crippen LogP contribution is 2.25. The Labute approximate surface area is 127 Å². The molecule has 0 saturated carbocycles. The van der Waals surface area contributed by atoms with Gasteiger partial charge in [-0.2, -0.15) is 0 Å². The first-order valence-corrected chi connectivity index (χ1v) is 8.40. The maximum atomic E-state index is 13.2. The molecule has 114 valence electrons. The lowest BCUT2D eigenvalue weighted by Crippen LogP contribution is -2.26. The van der Waals surface area contributed by atoms with Gasteiger partial charge in [0.05, 0.1) is 10.2 Å². The zero-order valence-corrected chi connectivity index (χ0v) is 13.9. The molecular formula is C12H19BrFN3O2S. The standard InChI is InChI=1S/C12H19BrFN3O2S/c1-17(2)6-4-3-5-16-20(18,19)12-7-9(13)10(14)8-11(12)15/h7-8,16H,3-6,15H2,1-2H3. The van der Waals surface area contributed by atoms with Crippen molar-refractivity contribution in [1.29, 1.82) is 0 Å². The molecule has 0 spiro atoms. The zero-order valence-electron chi connectivity index (χ0n) is 11.5. The van der Waals surface area contributed by atoms with Crippen molar-refractivity contribution in [3.8, 4) is 0 Å². The second-order valence-electron chi connectivity index (χ2n) is 4.71. The van der Waals surface area contributed by atoms with Crippen LogP contribution < -0.4 is 10.5 Å². The fourth-order valence-electron chi connectivity index (χ4n) is 1.61. The van der Waals surface area contributed by atoms with Crippen LogP contribution in [0.4, 0.5) is 10.1 Å². The van der Waals surface area contributed by atoms with E-state index in [0.717, 1.165) is 25.5 Å². The second kappa shape index (κ2) is 7.35. The molecule has 0 unspecified atom stereocenters. The Bertz CT molecular complexity index is 564. The Kier molecular flexibility index (Phi) is 6.38.